The number of aromatic nitrogens is 1. The van der Waals surface area contributed by atoms with Crippen LogP contribution < -0.4 is 10.0 Å². The van der Waals surface area contributed by atoms with Crippen molar-refractivity contribution in [3.8, 4) is 0 Å². The van der Waals surface area contributed by atoms with Crippen LogP contribution in [-0.2, 0) is 29.5 Å². The maximum absolute atomic E-state index is 12.2. The number of benzene rings is 1. The van der Waals surface area contributed by atoms with Gasteiger partial charge in [-0.25, -0.2) is 18.1 Å². The molecule has 6 nitrogen and oxygen atoms in total. The molecule has 0 bridgehead atoms. The minimum absolute atomic E-state index is 0.0423. The van der Waals surface area contributed by atoms with E-state index in [4.69, 9.17) is 4.42 Å². The Morgan fingerprint density at radius 3 is 2.48 bits per heavy atom. The fourth-order valence-corrected chi connectivity index (χ4v) is 2.80. The topological polar surface area (TPSA) is 84.2 Å². The highest BCUT2D eigenvalue weighted by atomic mass is 32.2. The lowest BCUT2D eigenvalue weighted by Gasteiger charge is -2.06. The van der Waals surface area contributed by atoms with E-state index in [1.54, 1.807) is 30.5 Å². The van der Waals surface area contributed by atoms with E-state index in [1.165, 1.54) is 0 Å². The van der Waals surface area contributed by atoms with Crippen LogP contribution in [0, 0.1) is 0 Å². The molecule has 1 heterocycles. The molecule has 114 valence electrons. The summed E-state index contributed by atoms with van der Waals surface area (Å²) < 4.78 is 32.2. The summed E-state index contributed by atoms with van der Waals surface area (Å²) in [6, 6.07) is 6.74. The molecule has 0 atom stereocenters. The summed E-state index contributed by atoms with van der Waals surface area (Å²) in [7, 11) is -1.72. The summed E-state index contributed by atoms with van der Waals surface area (Å²) in [6.07, 6.45) is 2.34. The molecule has 21 heavy (non-hydrogen) atoms. The van der Waals surface area contributed by atoms with Crippen molar-refractivity contribution in [2.75, 3.05) is 7.05 Å². The summed E-state index contributed by atoms with van der Waals surface area (Å²) >= 11 is 0. The smallest absolute Gasteiger partial charge is 0.241 e. The van der Waals surface area contributed by atoms with Gasteiger partial charge >= 0.3 is 0 Å². The fourth-order valence-electron chi connectivity index (χ4n) is 1.82. The second kappa shape index (κ2) is 6.84. The number of rotatable bonds is 7. The van der Waals surface area contributed by atoms with Gasteiger partial charge in [-0.3, -0.25) is 0 Å². The molecule has 2 rings (SSSR count). The average molecular weight is 309 g/mol. The van der Waals surface area contributed by atoms with Gasteiger partial charge in [0, 0.05) is 13.0 Å². The molecule has 1 aromatic carbocycles. The molecule has 1 aromatic heterocycles. The van der Waals surface area contributed by atoms with E-state index < -0.39 is 10.0 Å². The Labute approximate surface area is 124 Å². The minimum atomic E-state index is -3.56. The van der Waals surface area contributed by atoms with Gasteiger partial charge in [-0.1, -0.05) is 19.1 Å². The van der Waals surface area contributed by atoms with Gasteiger partial charge in [0.1, 0.15) is 5.76 Å². The zero-order chi connectivity index (χ0) is 15.3. The molecule has 7 heteroatoms. The van der Waals surface area contributed by atoms with Crippen LogP contribution in [0.1, 0.15) is 24.1 Å². The van der Waals surface area contributed by atoms with E-state index in [-0.39, 0.29) is 11.4 Å². The molecule has 0 unspecified atom stereocenters. The van der Waals surface area contributed by atoms with E-state index in [1.807, 2.05) is 14.0 Å². The molecule has 2 aromatic rings. The Morgan fingerprint density at radius 1 is 1.19 bits per heavy atom. The van der Waals surface area contributed by atoms with Gasteiger partial charge in [-0.05, 0) is 24.7 Å². The first-order chi connectivity index (χ1) is 10.0. The van der Waals surface area contributed by atoms with Crippen molar-refractivity contribution >= 4 is 10.0 Å². The monoisotopic (exact) mass is 309 g/mol. The molecule has 0 amide bonds. The van der Waals surface area contributed by atoms with E-state index in [2.05, 4.69) is 15.0 Å². The molecular formula is C14H19N3O3S. The molecule has 0 fully saturated rings. The van der Waals surface area contributed by atoms with Gasteiger partial charge < -0.3 is 9.73 Å². The lowest BCUT2D eigenvalue weighted by Crippen LogP contribution is -2.23. The Hall–Kier alpha value is -1.70. The molecule has 0 radical (unpaired) electrons. The van der Waals surface area contributed by atoms with Gasteiger partial charge in [0.25, 0.3) is 0 Å². The zero-order valence-electron chi connectivity index (χ0n) is 12.1. The first-order valence-corrected chi connectivity index (χ1v) is 8.20. The van der Waals surface area contributed by atoms with Crippen LogP contribution in [0.25, 0.3) is 0 Å². The molecule has 0 aliphatic carbocycles. The predicted octanol–water partition coefficient (Wildman–Crippen LogP) is 1.43. The van der Waals surface area contributed by atoms with Crippen LogP contribution in [0.15, 0.2) is 39.8 Å². The molecule has 0 saturated carbocycles. The summed E-state index contributed by atoms with van der Waals surface area (Å²) in [6.45, 7) is 2.69. The summed E-state index contributed by atoms with van der Waals surface area (Å²) in [5, 5.41) is 3.01. The number of nitrogens with one attached hydrogen (secondary N) is 2. The van der Waals surface area contributed by atoms with Crippen LogP contribution in [0.4, 0.5) is 0 Å². The maximum atomic E-state index is 12.2. The largest absolute Gasteiger partial charge is 0.444 e. The number of aryl methyl sites for hydroxylation is 1. The maximum Gasteiger partial charge on any atom is 0.241 e. The van der Waals surface area contributed by atoms with Crippen molar-refractivity contribution in [2.45, 2.75) is 31.3 Å². The highest BCUT2D eigenvalue weighted by molar-refractivity contribution is 7.89. The standard InChI is InChI=1S/C14H19N3O3S/c1-3-12-9-16-14(20-12)10-17-21(18,19)13-6-4-11(5-7-13)8-15-2/h4-7,9,15,17H,3,8,10H2,1-2H3. The Kier molecular flexibility index (Phi) is 5.11. The highest BCUT2D eigenvalue weighted by Crippen LogP contribution is 2.11. The summed E-state index contributed by atoms with van der Waals surface area (Å²) in [4.78, 5) is 4.25. The van der Waals surface area contributed by atoms with Crippen molar-refractivity contribution in [3.63, 3.8) is 0 Å². The minimum Gasteiger partial charge on any atom is -0.444 e. The first-order valence-electron chi connectivity index (χ1n) is 6.72. The molecule has 0 aliphatic heterocycles. The molecule has 2 N–H and O–H groups in total. The number of hydrogen-bond donors (Lipinski definition) is 2. The Morgan fingerprint density at radius 2 is 1.90 bits per heavy atom. The van der Waals surface area contributed by atoms with Crippen molar-refractivity contribution in [2.24, 2.45) is 0 Å². The SMILES string of the molecule is CCc1cnc(CNS(=O)(=O)c2ccc(CNC)cc2)o1. The normalized spacial score (nSPS) is 11.7. The molecule has 0 aliphatic rings. The highest BCUT2D eigenvalue weighted by Gasteiger charge is 2.15. The third-order valence-corrected chi connectivity index (χ3v) is 4.40. The lowest BCUT2D eigenvalue weighted by molar-refractivity contribution is 0.452. The summed E-state index contributed by atoms with van der Waals surface area (Å²) in [5.41, 5.74) is 1.02. The molecule has 0 saturated heterocycles. The van der Waals surface area contributed by atoms with Crippen LogP contribution in [0.3, 0.4) is 0 Å². The second-order valence-corrected chi connectivity index (χ2v) is 6.34. The van der Waals surface area contributed by atoms with Gasteiger partial charge in [0.2, 0.25) is 15.9 Å². The van der Waals surface area contributed by atoms with E-state index in [0.717, 1.165) is 17.7 Å². The van der Waals surface area contributed by atoms with Gasteiger partial charge in [0.15, 0.2) is 0 Å². The van der Waals surface area contributed by atoms with Crippen LogP contribution >= 0.6 is 0 Å². The molecule has 0 spiro atoms. The third-order valence-electron chi connectivity index (χ3n) is 2.98. The van der Waals surface area contributed by atoms with E-state index >= 15 is 0 Å². The van der Waals surface area contributed by atoms with Crippen molar-refractivity contribution in [1.82, 2.24) is 15.0 Å². The lowest BCUT2D eigenvalue weighted by atomic mass is 10.2. The first kappa shape index (κ1) is 15.7. The zero-order valence-corrected chi connectivity index (χ0v) is 12.9. The second-order valence-electron chi connectivity index (χ2n) is 4.57. The number of nitrogens with zero attached hydrogens (tertiary/aromatic N) is 1. The van der Waals surface area contributed by atoms with Gasteiger partial charge in [-0.15, -0.1) is 0 Å². The number of sulfonamides is 1. The number of oxazole rings is 1. The van der Waals surface area contributed by atoms with Crippen LogP contribution in [0.2, 0.25) is 0 Å². The molecular weight excluding hydrogens is 290 g/mol. The fraction of sp³-hybridized carbons (Fsp3) is 0.357. The average Bonchev–Trinajstić information content (AvgIpc) is 2.94. The van der Waals surface area contributed by atoms with E-state index in [0.29, 0.717) is 12.4 Å². The Balaban J connectivity index is 2.03. The quantitative estimate of drug-likeness (QED) is 0.808. The Bertz CT molecular complexity index is 678. The van der Waals surface area contributed by atoms with Crippen LogP contribution in [0.5, 0.6) is 0 Å². The van der Waals surface area contributed by atoms with Crippen molar-refractivity contribution < 1.29 is 12.8 Å². The third kappa shape index (κ3) is 4.13. The van der Waals surface area contributed by atoms with Gasteiger partial charge in [-0.2, -0.15) is 0 Å². The van der Waals surface area contributed by atoms with Crippen LogP contribution in [-0.4, -0.2) is 20.4 Å². The van der Waals surface area contributed by atoms with Crippen molar-refractivity contribution in [3.05, 3.63) is 47.7 Å². The van der Waals surface area contributed by atoms with E-state index in [9.17, 15) is 8.42 Å². The summed E-state index contributed by atoms with van der Waals surface area (Å²) in [5.74, 6) is 1.10. The predicted molar refractivity (Wildman–Crippen MR) is 79.1 cm³/mol. The number of hydrogen-bond acceptors (Lipinski definition) is 5. The van der Waals surface area contributed by atoms with Crippen molar-refractivity contribution in [1.29, 1.82) is 0 Å². The van der Waals surface area contributed by atoms with Gasteiger partial charge in [0.05, 0.1) is 17.6 Å².